The molecule has 0 aliphatic carbocycles. The van der Waals surface area contributed by atoms with Crippen LogP contribution >= 0.6 is 0 Å². The van der Waals surface area contributed by atoms with E-state index in [1.165, 1.54) is 13.0 Å². The molecule has 13 nitrogen and oxygen atoms in total. The second-order valence-electron chi connectivity index (χ2n) is 13.0. The molecule has 0 spiro atoms. The van der Waals surface area contributed by atoms with Gasteiger partial charge in [-0.05, 0) is 92.2 Å². The van der Waals surface area contributed by atoms with Gasteiger partial charge in [-0.2, -0.15) is 0 Å². The lowest BCUT2D eigenvalue weighted by atomic mass is 10.0. The number of ether oxygens (including phenoxy) is 2. The maximum atomic E-state index is 14.3. The smallest absolute Gasteiger partial charge is 0.267 e. The van der Waals surface area contributed by atoms with Gasteiger partial charge in [0.05, 0.1) is 30.4 Å². The normalized spacial score (nSPS) is 20.7. The van der Waals surface area contributed by atoms with Crippen molar-refractivity contribution in [2.75, 3.05) is 58.7 Å². The topological polar surface area (TPSA) is 155 Å². The molecule has 1 aromatic carbocycles. The molecule has 264 valence electrons. The Morgan fingerprint density at radius 1 is 1.19 bits per heavy atom. The van der Waals surface area contributed by atoms with E-state index in [1.54, 1.807) is 42.8 Å². The minimum Gasteiger partial charge on any atom is -0.490 e. The lowest BCUT2D eigenvalue weighted by Crippen LogP contribution is -2.48. The molecule has 3 rings (SSSR count). The van der Waals surface area contributed by atoms with Crippen molar-refractivity contribution in [2.24, 2.45) is 5.92 Å². The van der Waals surface area contributed by atoms with Crippen LogP contribution in [0.4, 0.5) is 5.69 Å². The minimum atomic E-state index is -4.08. The van der Waals surface area contributed by atoms with E-state index < -0.39 is 22.0 Å². The number of nitrogens with zero attached hydrogens (tertiary/aromatic N) is 4. The first kappa shape index (κ1) is 38.2. The fourth-order valence-electron chi connectivity index (χ4n) is 5.62. The molecule has 1 aliphatic heterocycles. The van der Waals surface area contributed by atoms with E-state index >= 15 is 0 Å². The van der Waals surface area contributed by atoms with Crippen LogP contribution in [0.5, 0.6) is 5.75 Å². The number of hydrogen-bond donors (Lipinski definition) is 2. The van der Waals surface area contributed by atoms with Crippen LogP contribution in [0, 0.1) is 19.8 Å². The predicted octanol–water partition coefficient (Wildman–Crippen LogP) is 3.69. The Balaban J connectivity index is 1.95. The summed E-state index contributed by atoms with van der Waals surface area (Å²) in [6.45, 7) is 10.3. The van der Waals surface area contributed by atoms with Crippen LogP contribution in [0.1, 0.15) is 74.7 Å². The summed E-state index contributed by atoms with van der Waals surface area (Å²) in [6.07, 6.45) is 2.92. The number of fused-ring (bicyclic) bond motifs is 1. The molecular weight excluding hydrogens is 626 g/mol. The maximum Gasteiger partial charge on any atom is 0.267 e. The summed E-state index contributed by atoms with van der Waals surface area (Å²) < 4.78 is 46.8. The number of aromatic nitrogens is 1. The van der Waals surface area contributed by atoms with Gasteiger partial charge in [0, 0.05) is 44.8 Å². The lowest BCUT2D eigenvalue weighted by molar-refractivity contribution is -0.132. The van der Waals surface area contributed by atoms with Gasteiger partial charge < -0.3 is 33.8 Å². The quantitative estimate of drug-likeness (QED) is 0.359. The monoisotopic (exact) mass is 679 g/mol. The molecule has 4 atom stereocenters. The first-order valence-electron chi connectivity index (χ1n) is 16.3. The third-order valence-corrected chi connectivity index (χ3v) is 10.0. The highest BCUT2D eigenvalue weighted by molar-refractivity contribution is 7.92. The summed E-state index contributed by atoms with van der Waals surface area (Å²) in [5.41, 5.74) is 0.539. The zero-order chi connectivity index (χ0) is 34.9. The van der Waals surface area contributed by atoms with E-state index in [9.17, 15) is 23.1 Å². The van der Waals surface area contributed by atoms with Crippen molar-refractivity contribution in [2.45, 2.75) is 89.9 Å². The largest absolute Gasteiger partial charge is 0.490 e. The second-order valence-corrected chi connectivity index (χ2v) is 14.6. The highest BCUT2D eigenvalue weighted by Crippen LogP contribution is 2.30. The van der Waals surface area contributed by atoms with E-state index in [1.807, 2.05) is 32.8 Å². The van der Waals surface area contributed by atoms with E-state index in [0.717, 1.165) is 25.8 Å². The molecule has 0 radical (unpaired) electrons. The summed E-state index contributed by atoms with van der Waals surface area (Å²) in [5.74, 6) is -0.139. The number of sulfonamides is 1. The van der Waals surface area contributed by atoms with Gasteiger partial charge in [-0.1, -0.05) is 12.1 Å². The number of aliphatic hydroxyl groups is 1. The lowest BCUT2D eigenvalue weighted by Gasteiger charge is -2.36. The van der Waals surface area contributed by atoms with E-state index in [4.69, 9.17) is 14.0 Å². The molecular formula is C33H53N5O8S. The van der Waals surface area contributed by atoms with Gasteiger partial charge >= 0.3 is 0 Å². The number of carbonyl (C=O) groups excluding carboxylic acids is 2. The van der Waals surface area contributed by atoms with Gasteiger partial charge in [0.15, 0.2) is 10.7 Å². The zero-order valence-electron chi connectivity index (χ0n) is 29.1. The van der Waals surface area contributed by atoms with Crippen molar-refractivity contribution in [3.8, 4) is 5.75 Å². The van der Waals surface area contributed by atoms with Crippen LogP contribution < -0.4 is 9.46 Å². The van der Waals surface area contributed by atoms with Gasteiger partial charge in [0.1, 0.15) is 11.4 Å². The van der Waals surface area contributed by atoms with Crippen LogP contribution in [0.25, 0.3) is 0 Å². The van der Waals surface area contributed by atoms with Crippen LogP contribution in [0.3, 0.4) is 0 Å². The van der Waals surface area contributed by atoms with Crippen molar-refractivity contribution < 1.29 is 37.1 Å². The molecule has 14 heteroatoms. The molecule has 0 unspecified atom stereocenters. The first-order chi connectivity index (χ1) is 22.1. The number of rotatable bonds is 11. The highest BCUT2D eigenvalue weighted by atomic mass is 32.2. The van der Waals surface area contributed by atoms with Crippen LogP contribution in [-0.2, 0) is 19.6 Å². The molecule has 47 heavy (non-hydrogen) atoms. The van der Waals surface area contributed by atoms with Crippen molar-refractivity contribution in [3.05, 3.63) is 35.2 Å². The summed E-state index contributed by atoms with van der Waals surface area (Å²) in [7, 11) is 1.65. The summed E-state index contributed by atoms with van der Waals surface area (Å²) in [5, 5.41) is 14.0. The first-order valence-corrected chi connectivity index (χ1v) is 17.8. The number of hydrogen-bond acceptors (Lipinski definition) is 10. The number of anilines is 1. The van der Waals surface area contributed by atoms with Crippen LogP contribution in [0.15, 0.2) is 27.6 Å². The number of benzene rings is 1. The maximum absolute atomic E-state index is 14.3. The Labute approximate surface area is 279 Å². The number of aliphatic hydroxyl groups excluding tert-OH is 1. The SMILES string of the molecule is Cc1noc(C)c1S(=O)(=O)Nc1ccc2c(c1)C(=O)N([C@H](C)CO)C[C@H](C)[C@H](CN(C)C(=O)CCCN(C)C)OCCCC[C@@H](C)O2. The predicted molar refractivity (Wildman–Crippen MR) is 179 cm³/mol. The molecule has 0 saturated heterocycles. The molecule has 1 aromatic heterocycles. The Bertz CT molecular complexity index is 1430. The summed E-state index contributed by atoms with van der Waals surface area (Å²) in [4.78, 5) is 32.5. The molecule has 2 heterocycles. The summed E-state index contributed by atoms with van der Waals surface area (Å²) >= 11 is 0. The van der Waals surface area contributed by atoms with E-state index in [0.29, 0.717) is 31.7 Å². The third kappa shape index (κ3) is 10.6. The molecule has 0 saturated carbocycles. The van der Waals surface area contributed by atoms with Gasteiger partial charge in [-0.15, -0.1) is 0 Å². The van der Waals surface area contributed by atoms with Gasteiger partial charge in [0.25, 0.3) is 15.9 Å². The van der Waals surface area contributed by atoms with Gasteiger partial charge in [0.2, 0.25) is 5.91 Å². The molecule has 2 aromatic rings. The third-order valence-electron chi connectivity index (χ3n) is 8.42. The van der Waals surface area contributed by atoms with Crippen molar-refractivity contribution in [3.63, 3.8) is 0 Å². The van der Waals surface area contributed by atoms with Crippen LogP contribution in [-0.4, -0.2) is 117 Å². The molecule has 0 fully saturated rings. The molecule has 1 aliphatic rings. The number of amides is 2. The average molecular weight is 680 g/mol. The highest BCUT2D eigenvalue weighted by Gasteiger charge is 2.32. The number of nitrogens with one attached hydrogen (secondary N) is 1. The number of aryl methyl sites for hydroxylation is 2. The fraction of sp³-hybridized carbons (Fsp3) is 0.667. The fourth-order valence-corrected chi connectivity index (χ4v) is 7.00. The van der Waals surface area contributed by atoms with Crippen molar-refractivity contribution >= 4 is 27.5 Å². The average Bonchev–Trinajstić information content (AvgIpc) is 3.36. The molecule has 2 N–H and O–H groups in total. The number of likely N-dealkylation sites (N-methyl/N-ethyl adjacent to an activating group) is 1. The standard InChI is InChI=1S/C33H53N5O8S/c1-22-19-38(23(2)21-39)33(41)28-18-27(35-47(42,43)32-25(4)34-46-26(32)5)14-15-29(28)45-24(3)12-9-10-17-44-30(22)20-37(8)31(40)13-11-16-36(6)7/h14-15,18,22-24,30,35,39H,9-13,16-17,19-21H2,1-8H3/t22-,23+,24+,30-/m0/s1. The van der Waals surface area contributed by atoms with Gasteiger partial charge in [-0.3, -0.25) is 14.3 Å². The van der Waals surface area contributed by atoms with E-state index in [2.05, 4.69) is 9.88 Å². The van der Waals surface area contributed by atoms with Crippen molar-refractivity contribution in [1.82, 2.24) is 19.9 Å². The minimum absolute atomic E-state index is 0.0326. The van der Waals surface area contributed by atoms with Crippen molar-refractivity contribution in [1.29, 1.82) is 0 Å². The second kappa shape index (κ2) is 17.3. The number of carbonyl (C=O) groups is 2. The van der Waals surface area contributed by atoms with Crippen LogP contribution in [0.2, 0.25) is 0 Å². The Morgan fingerprint density at radius 3 is 2.55 bits per heavy atom. The zero-order valence-corrected chi connectivity index (χ0v) is 29.9. The Kier molecular flexibility index (Phi) is 14.1. The Morgan fingerprint density at radius 2 is 1.91 bits per heavy atom. The van der Waals surface area contributed by atoms with E-state index in [-0.39, 0.29) is 64.8 Å². The summed E-state index contributed by atoms with van der Waals surface area (Å²) in [6, 6.07) is 4.03. The molecule has 0 bridgehead atoms. The van der Waals surface area contributed by atoms with Gasteiger partial charge in [-0.25, -0.2) is 8.42 Å². The molecule has 2 amide bonds. The Hall–Kier alpha value is -3.20.